The fourth-order valence-corrected chi connectivity index (χ4v) is 1.93. The minimum Gasteiger partial charge on any atom is -0.363 e. The maximum Gasteiger partial charge on any atom is 0.133 e. The monoisotopic (exact) mass is 256 g/mol. The molecular formula is C15H20N4. The zero-order valence-corrected chi connectivity index (χ0v) is 12.2. The van der Waals surface area contributed by atoms with Crippen LogP contribution in [0, 0.1) is 27.7 Å². The highest BCUT2D eigenvalue weighted by Gasteiger charge is 2.10. The molecule has 2 heterocycles. The Balaban J connectivity index is 2.23. The summed E-state index contributed by atoms with van der Waals surface area (Å²) in [6, 6.07) is 4.29. The SMILES string of the molecule is Cc1ccc(C(C)Nc2nc(C)nc(C)c2C)cn1. The molecule has 0 amide bonds. The minimum atomic E-state index is 0.167. The van der Waals surface area contributed by atoms with Crippen molar-refractivity contribution in [2.75, 3.05) is 5.32 Å². The van der Waals surface area contributed by atoms with Gasteiger partial charge in [-0.25, -0.2) is 9.97 Å². The van der Waals surface area contributed by atoms with Gasteiger partial charge in [0, 0.05) is 23.1 Å². The molecule has 4 nitrogen and oxygen atoms in total. The molecule has 0 aliphatic heterocycles. The molecule has 19 heavy (non-hydrogen) atoms. The van der Waals surface area contributed by atoms with Crippen molar-refractivity contribution in [3.05, 3.63) is 46.7 Å². The van der Waals surface area contributed by atoms with E-state index in [-0.39, 0.29) is 6.04 Å². The van der Waals surface area contributed by atoms with Gasteiger partial charge in [-0.05, 0) is 46.2 Å². The fraction of sp³-hybridized carbons (Fsp3) is 0.400. The molecule has 0 aliphatic rings. The van der Waals surface area contributed by atoms with E-state index < -0.39 is 0 Å². The van der Waals surface area contributed by atoms with Crippen molar-refractivity contribution in [1.29, 1.82) is 0 Å². The van der Waals surface area contributed by atoms with Gasteiger partial charge < -0.3 is 5.32 Å². The Kier molecular flexibility index (Phi) is 3.79. The zero-order valence-electron chi connectivity index (χ0n) is 12.2. The molecule has 0 saturated heterocycles. The van der Waals surface area contributed by atoms with Gasteiger partial charge in [0.2, 0.25) is 0 Å². The van der Waals surface area contributed by atoms with Crippen LogP contribution in [0.5, 0.6) is 0 Å². The predicted molar refractivity (Wildman–Crippen MR) is 77.3 cm³/mol. The number of hydrogen-bond donors (Lipinski definition) is 1. The smallest absolute Gasteiger partial charge is 0.133 e. The lowest BCUT2D eigenvalue weighted by atomic mass is 10.1. The van der Waals surface area contributed by atoms with Crippen molar-refractivity contribution < 1.29 is 0 Å². The van der Waals surface area contributed by atoms with Crippen LogP contribution in [0.25, 0.3) is 0 Å². The number of aryl methyl sites for hydroxylation is 3. The summed E-state index contributed by atoms with van der Waals surface area (Å²) >= 11 is 0. The Labute approximate surface area is 114 Å². The highest BCUT2D eigenvalue weighted by atomic mass is 15.1. The van der Waals surface area contributed by atoms with Gasteiger partial charge in [0.05, 0.1) is 6.04 Å². The van der Waals surface area contributed by atoms with E-state index in [1.807, 2.05) is 40.0 Å². The third-order valence-corrected chi connectivity index (χ3v) is 3.29. The van der Waals surface area contributed by atoms with Crippen LogP contribution in [0.15, 0.2) is 18.3 Å². The lowest BCUT2D eigenvalue weighted by Crippen LogP contribution is -2.11. The van der Waals surface area contributed by atoms with Gasteiger partial charge in [-0.15, -0.1) is 0 Å². The summed E-state index contributed by atoms with van der Waals surface area (Å²) in [5.41, 5.74) is 4.29. The first-order chi connectivity index (χ1) is 8.97. The minimum absolute atomic E-state index is 0.167. The van der Waals surface area contributed by atoms with Gasteiger partial charge in [-0.1, -0.05) is 6.07 Å². The number of rotatable bonds is 3. The number of anilines is 1. The molecule has 2 aromatic heterocycles. The molecule has 0 saturated carbocycles. The Bertz CT molecular complexity index is 575. The molecule has 1 atom stereocenters. The van der Waals surface area contributed by atoms with E-state index in [1.165, 1.54) is 0 Å². The maximum atomic E-state index is 4.47. The highest BCUT2D eigenvalue weighted by Crippen LogP contribution is 2.21. The van der Waals surface area contributed by atoms with Crippen molar-refractivity contribution in [3.63, 3.8) is 0 Å². The normalized spacial score (nSPS) is 12.3. The van der Waals surface area contributed by atoms with E-state index in [2.05, 4.69) is 33.3 Å². The van der Waals surface area contributed by atoms with Crippen molar-refractivity contribution in [2.45, 2.75) is 40.7 Å². The number of aromatic nitrogens is 3. The Morgan fingerprint density at radius 1 is 1.05 bits per heavy atom. The van der Waals surface area contributed by atoms with E-state index in [9.17, 15) is 0 Å². The maximum absolute atomic E-state index is 4.47. The molecule has 0 aliphatic carbocycles. The largest absolute Gasteiger partial charge is 0.363 e. The topological polar surface area (TPSA) is 50.7 Å². The van der Waals surface area contributed by atoms with E-state index >= 15 is 0 Å². The Morgan fingerprint density at radius 2 is 1.79 bits per heavy atom. The molecule has 0 radical (unpaired) electrons. The molecule has 4 heteroatoms. The fourth-order valence-electron chi connectivity index (χ4n) is 1.93. The van der Waals surface area contributed by atoms with Crippen LogP contribution in [0.3, 0.4) is 0 Å². The summed E-state index contributed by atoms with van der Waals surface area (Å²) in [7, 11) is 0. The summed E-state index contributed by atoms with van der Waals surface area (Å²) in [6.07, 6.45) is 1.91. The van der Waals surface area contributed by atoms with Gasteiger partial charge in [0.15, 0.2) is 0 Å². The van der Waals surface area contributed by atoms with E-state index in [4.69, 9.17) is 0 Å². The Hall–Kier alpha value is -1.97. The van der Waals surface area contributed by atoms with Crippen molar-refractivity contribution in [2.24, 2.45) is 0 Å². The first kappa shape index (κ1) is 13.5. The Morgan fingerprint density at radius 3 is 2.42 bits per heavy atom. The quantitative estimate of drug-likeness (QED) is 0.915. The molecule has 0 aromatic carbocycles. The van der Waals surface area contributed by atoms with Crippen LogP contribution in [-0.4, -0.2) is 15.0 Å². The summed E-state index contributed by atoms with van der Waals surface area (Å²) in [5, 5.41) is 3.44. The molecule has 2 rings (SSSR count). The molecule has 100 valence electrons. The van der Waals surface area contributed by atoms with Crippen LogP contribution >= 0.6 is 0 Å². The van der Waals surface area contributed by atoms with Gasteiger partial charge >= 0.3 is 0 Å². The second kappa shape index (κ2) is 5.34. The molecule has 1 unspecified atom stereocenters. The van der Waals surface area contributed by atoms with Crippen LogP contribution < -0.4 is 5.32 Å². The second-order valence-electron chi connectivity index (χ2n) is 4.93. The molecule has 0 fully saturated rings. The predicted octanol–water partition coefficient (Wildman–Crippen LogP) is 3.28. The number of nitrogens with zero attached hydrogens (tertiary/aromatic N) is 3. The third kappa shape index (κ3) is 3.08. The lowest BCUT2D eigenvalue weighted by Gasteiger charge is -2.17. The van der Waals surface area contributed by atoms with E-state index in [0.717, 1.165) is 34.2 Å². The third-order valence-electron chi connectivity index (χ3n) is 3.29. The first-order valence-corrected chi connectivity index (χ1v) is 6.48. The van der Waals surface area contributed by atoms with Gasteiger partial charge in [-0.3, -0.25) is 4.98 Å². The van der Waals surface area contributed by atoms with Crippen LogP contribution in [0.1, 0.15) is 41.3 Å². The zero-order chi connectivity index (χ0) is 14.0. The van der Waals surface area contributed by atoms with Crippen molar-refractivity contribution >= 4 is 5.82 Å². The molecular weight excluding hydrogens is 236 g/mol. The standard InChI is InChI=1S/C15H20N4/c1-9-6-7-14(8-16-9)12(4)18-15-10(2)11(3)17-13(5)19-15/h6-8,12H,1-5H3,(H,17,18,19). The summed E-state index contributed by atoms with van der Waals surface area (Å²) in [6.45, 7) is 10.1. The summed E-state index contributed by atoms with van der Waals surface area (Å²) < 4.78 is 0. The highest BCUT2D eigenvalue weighted by molar-refractivity contribution is 5.47. The molecule has 2 aromatic rings. The first-order valence-electron chi connectivity index (χ1n) is 6.48. The van der Waals surface area contributed by atoms with E-state index in [1.54, 1.807) is 0 Å². The average Bonchev–Trinajstić information content (AvgIpc) is 2.36. The number of nitrogens with one attached hydrogen (secondary N) is 1. The lowest BCUT2D eigenvalue weighted by molar-refractivity contribution is 0.849. The summed E-state index contributed by atoms with van der Waals surface area (Å²) in [4.78, 5) is 13.2. The van der Waals surface area contributed by atoms with Gasteiger partial charge in [0.25, 0.3) is 0 Å². The van der Waals surface area contributed by atoms with E-state index in [0.29, 0.717) is 0 Å². The van der Waals surface area contributed by atoms with Crippen LogP contribution in [0.4, 0.5) is 5.82 Å². The van der Waals surface area contributed by atoms with Crippen LogP contribution in [0.2, 0.25) is 0 Å². The summed E-state index contributed by atoms with van der Waals surface area (Å²) in [5.74, 6) is 1.69. The van der Waals surface area contributed by atoms with Crippen molar-refractivity contribution in [3.8, 4) is 0 Å². The van der Waals surface area contributed by atoms with Crippen LogP contribution in [-0.2, 0) is 0 Å². The second-order valence-corrected chi connectivity index (χ2v) is 4.93. The van der Waals surface area contributed by atoms with Gasteiger partial charge in [0.1, 0.15) is 11.6 Å². The molecule has 0 bridgehead atoms. The number of hydrogen-bond acceptors (Lipinski definition) is 4. The van der Waals surface area contributed by atoms with Crippen molar-refractivity contribution in [1.82, 2.24) is 15.0 Å². The average molecular weight is 256 g/mol. The van der Waals surface area contributed by atoms with Gasteiger partial charge in [-0.2, -0.15) is 0 Å². The number of pyridine rings is 1. The molecule has 1 N–H and O–H groups in total. The molecule has 0 spiro atoms.